The first-order chi connectivity index (χ1) is 8.93. The first kappa shape index (κ1) is 15.3. The summed E-state index contributed by atoms with van der Waals surface area (Å²) in [5, 5.41) is 16.6. The van der Waals surface area contributed by atoms with Crippen LogP contribution >= 0.6 is 0 Å². The number of likely N-dealkylation sites (N-methyl/N-ethyl adjacent to an activating group) is 1. The molecule has 4 N–H and O–H groups in total. The molecule has 7 heteroatoms. The molecule has 0 spiro atoms. The van der Waals surface area contributed by atoms with E-state index in [2.05, 4.69) is 16.0 Å². The molecule has 108 valence electrons. The fraction of sp³-hybridized carbons (Fsp3) is 0.750. The van der Waals surface area contributed by atoms with Crippen molar-refractivity contribution >= 4 is 17.9 Å². The van der Waals surface area contributed by atoms with Crippen LogP contribution in [0.4, 0.5) is 4.79 Å². The van der Waals surface area contributed by atoms with E-state index in [4.69, 9.17) is 5.11 Å². The molecule has 3 amide bonds. The molecule has 19 heavy (non-hydrogen) atoms. The van der Waals surface area contributed by atoms with E-state index in [-0.39, 0.29) is 17.9 Å². The first-order valence-electron chi connectivity index (χ1n) is 6.45. The molecule has 1 rings (SSSR count). The number of carboxylic acid groups (broad SMARTS) is 1. The molecule has 0 aliphatic heterocycles. The molecule has 0 saturated heterocycles. The minimum absolute atomic E-state index is 0.0208. The largest absolute Gasteiger partial charge is 0.481 e. The summed E-state index contributed by atoms with van der Waals surface area (Å²) in [7, 11) is 1.51. The van der Waals surface area contributed by atoms with Gasteiger partial charge in [0.2, 0.25) is 5.91 Å². The molecule has 1 fully saturated rings. The van der Waals surface area contributed by atoms with Crippen LogP contribution in [0.5, 0.6) is 0 Å². The maximum absolute atomic E-state index is 11.6. The van der Waals surface area contributed by atoms with Gasteiger partial charge in [0, 0.05) is 13.1 Å². The van der Waals surface area contributed by atoms with Crippen LogP contribution in [0.3, 0.4) is 0 Å². The van der Waals surface area contributed by atoms with Crippen molar-refractivity contribution in [1.29, 1.82) is 0 Å². The SMILES string of the molecule is CNC(=O)C(C)NC(=O)NC1CCC(C(=O)O)CC1. The topological polar surface area (TPSA) is 108 Å². The van der Waals surface area contributed by atoms with Gasteiger partial charge in [-0.25, -0.2) is 4.79 Å². The van der Waals surface area contributed by atoms with E-state index < -0.39 is 18.0 Å². The lowest BCUT2D eigenvalue weighted by atomic mass is 9.86. The molecule has 0 bridgehead atoms. The highest BCUT2D eigenvalue weighted by Crippen LogP contribution is 2.24. The van der Waals surface area contributed by atoms with E-state index in [0.29, 0.717) is 25.7 Å². The second-order valence-corrected chi connectivity index (χ2v) is 4.84. The number of urea groups is 1. The lowest BCUT2D eigenvalue weighted by Crippen LogP contribution is -2.50. The predicted molar refractivity (Wildman–Crippen MR) is 68.6 cm³/mol. The number of hydrogen-bond donors (Lipinski definition) is 4. The summed E-state index contributed by atoms with van der Waals surface area (Å²) in [5.41, 5.74) is 0. The van der Waals surface area contributed by atoms with Crippen molar-refractivity contribution in [2.45, 2.75) is 44.7 Å². The van der Waals surface area contributed by atoms with Crippen LogP contribution in [-0.2, 0) is 9.59 Å². The normalized spacial score (nSPS) is 24.1. The Kier molecular flexibility index (Phi) is 5.59. The molecule has 0 aromatic carbocycles. The van der Waals surface area contributed by atoms with Crippen LogP contribution in [0.2, 0.25) is 0 Å². The Bertz CT molecular complexity index is 351. The van der Waals surface area contributed by atoms with Crippen molar-refractivity contribution in [3.05, 3.63) is 0 Å². The Labute approximate surface area is 112 Å². The van der Waals surface area contributed by atoms with E-state index in [0.717, 1.165) is 0 Å². The number of nitrogens with one attached hydrogen (secondary N) is 3. The summed E-state index contributed by atoms with van der Waals surface area (Å²) in [5.74, 6) is -1.33. The Balaban J connectivity index is 2.31. The number of carbonyl (C=O) groups is 3. The van der Waals surface area contributed by atoms with Crippen LogP contribution in [0.25, 0.3) is 0 Å². The lowest BCUT2D eigenvalue weighted by molar-refractivity contribution is -0.142. The van der Waals surface area contributed by atoms with Crippen molar-refractivity contribution in [3.8, 4) is 0 Å². The van der Waals surface area contributed by atoms with Crippen LogP contribution in [0, 0.1) is 5.92 Å². The molecule has 1 unspecified atom stereocenters. The molecule has 7 nitrogen and oxygen atoms in total. The Morgan fingerprint density at radius 3 is 2.21 bits per heavy atom. The number of carbonyl (C=O) groups excluding carboxylic acids is 2. The number of amides is 3. The van der Waals surface area contributed by atoms with Crippen LogP contribution in [0.1, 0.15) is 32.6 Å². The average molecular weight is 271 g/mol. The van der Waals surface area contributed by atoms with Gasteiger partial charge in [-0.05, 0) is 32.6 Å². The molecule has 0 aromatic heterocycles. The first-order valence-corrected chi connectivity index (χ1v) is 6.45. The van der Waals surface area contributed by atoms with Gasteiger partial charge in [0.05, 0.1) is 5.92 Å². The van der Waals surface area contributed by atoms with Gasteiger partial charge in [0.1, 0.15) is 6.04 Å². The van der Waals surface area contributed by atoms with E-state index in [1.54, 1.807) is 6.92 Å². The molecule has 1 aliphatic rings. The van der Waals surface area contributed by atoms with Crippen molar-refractivity contribution in [2.75, 3.05) is 7.05 Å². The van der Waals surface area contributed by atoms with E-state index in [1.807, 2.05) is 0 Å². The summed E-state index contributed by atoms with van der Waals surface area (Å²) in [4.78, 5) is 33.7. The van der Waals surface area contributed by atoms with E-state index in [9.17, 15) is 14.4 Å². The zero-order chi connectivity index (χ0) is 14.4. The third-order valence-corrected chi connectivity index (χ3v) is 3.40. The van der Waals surface area contributed by atoms with Gasteiger partial charge < -0.3 is 21.1 Å². The van der Waals surface area contributed by atoms with Crippen molar-refractivity contribution < 1.29 is 19.5 Å². The molecule has 1 aliphatic carbocycles. The highest BCUT2D eigenvalue weighted by Gasteiger charge is 2.27. The smallest absolute Gasteiger partial charge is 0.315 e. The summed E-state index contributed by atoms with van der Waals surface area (Å²) in [6.45, 7) is 1.60. The van der Waals surface area contributed by atoms with Gasteiger partial charge >= 0.3 is 12.0 Å². The fourth-order valence-corrected chi connectivity index (χ4v) is 2.19. The summed E-state index contributed by atoms with van der Waals surface area (Å²) < 4.78 is 0. The predicted octanol–water partition coefficient (Wildman–Crippen LogP) is 0.0635. The van der Waals surface area contributed by atoms with Gasteiger partial charge in [-0.15, -0.1) is 0 Å². The average Bonchev–Trinajstić information content (AvgIpc) is 2.38. The maximum Gasteiger partial charge on any atom is 0.315 e. The number of rotatable bonds is 4. The van der Waals surface area contributed by atoms with Gasteiger partial charge in [0.25, 0.3) is 0 Å². The van der Waals surface area contributed by atoms with Crippen molar-refractivity contribution in [1.82, 2.24) is 16.0 Å². The Morgan fingerprint density at radius 2 is 1.74 bits per heavy atom. The van der Waals surface area contributed by atoms with Crippen LogP contribution < -0.4 is 16.0 Å². The Hall–Kier alpha value is -1.79. The van der Waals surface area contributed by atoms with Gasteiger partial charge in [0.15, 0.2) is 0 Å². The fourth-order valence-electron chi connectivity index (χ4n) is 2.19. The van der Waals surface area contributed by atoms with Crippen molar-refractivity contribution in [3.63, 3.8) is 0 Å². The number of hydrogen-bond acceptors (Lipinski definition) is 3. The lowest BCUT2D eigenvalue weighted by Gasteiger charge is -2.27. The van der Waals surface area contributed by atoms with E-state index in [1.165, 1.54) is 7.05 Å². The molecule has 0 heterocycles. The third kappa shape index (κ3) is 4.76. The van der Waals surface area contributed by atoms with Gasteiger partial charge in [-0.2, -0.15) is 0 Å². The summed E-state index contributed by atoms with van der Waals surface area (Å²) in [6, 6.07) is -1.01. The minimum Gasteiger partial charge on any atom is -0.481 e. The molecule has 0 aromatic rings. The van der Waals surface area contributed by atoms with Crippen molar-refractivity contribution in [2.24, 2.45) is 5.92 Å². The van der Waals surface area contributed by atoms with E-state index >= 15 is 0 Å². The number of aliphatic carboxylic acids is 1. The van der Waals surface area contributed by atoms with Gasteiger partial charge in [-0.3, -0.25) is 9.59 Å². The highest BCUT2D eigenvalue weighted by atomic mass is 16.4. The maximum atomic E-state index is 11.6. The molecule has 1 atom stereocenters. The zero-order valence-electron chi connectivity index (χ0n) is 11.2. The highest BCUT2D eigenvalue weighted by molar-refractivity contribution is 5.86. The second-order valence-electron chi connectivity index (χ2n) is 4.84. The van der Waals surface area contributed by atoms with Gasteiger partial charge in [-0.1, -0.05) is 0 Å². The summed E-state index contributed by atoms with van der Waals surface area (Å²) in [6.07, 6.45) is 2.45. The van der Waals surface area contributed by atoms with Crippen LogP contribution in [-0.4, -0.2) is 42.1 Å². The number of carboxylic acids is 1. The second kappa shape index (κ2) is 6.96. The third-order valence-electron chi connectivity index (χ3n) is 3.40. The monoisotopic (exact) mass is 271 g/mol. The molecule has 0 radical (unpaired) electrons. The molecule has 1 saturated carbocycles. The zero-order valence-corrected chi connectivity index (χ0v) is 11.2. The standard InChI is InChI=1S/C12H21N3O4/c1-7(10(16)13-2)14-12(19)15-9-5-3-8(4-6-9)11(17)18/h7-9H,3-6H2,1-2H3,(H,13,16)(H,17,18)(H2,14,15,19). The molecular formula is C12H21N3O4. The quantitative estimate of drug-likeness (QED) is 0.580. The Morgan fingerprint density at radius 1 is 1.16 bits per heavy atom. The molecular weight excluding hydrogens is 250 g/mol. The van der Waals surface area contributed by atoms with Crippen LogP contribution in [0.15, 0.2) is 0 Å². The minimum atomic E-state index is -0.767. The summed E-state index contributed by atoms with van der Waals surface area (Å²) >= 11 is 0.